The van der Waals surface area contributed by atoms with Crippen LogP contribution in [0.1, 0.15) is 124 Å². The second kappa shape index (κ2) is 17.8. The van der Waals surface area contributed by atoms with E-state index >= 15 is 0 Å². The van der Waals surface area contributed by atoms with Crippen molar-refractivity contribution in [2.75, 3.05) is 0 Å². The van der Waals surface area contributed by atoms with Crippen LogP contribution in [0, 0.1) is 5.92 Å². The first-order valence-corrected chi connectivity index (χ1v) is 16.2. The molecule has 2 aliphatic rings. The predicted molar refractivity (Wildman–Crippen MR) is 118 cm³/mol. The van der Waals surface area contributed by atoms with Gasteiger partial charge in [0.05, 0.1) is 12.2 Å². The third-order valence-corrected chi connectivity index (χ3v) is 10.7. The zero-order valence-corrected chi connectivity index (χ0v) is 21.2. The van der Waals surface area contributed by atoms with E-state index in [4.69, 9.17) is 4.74 Å². The fraction of sp³-hybridized carbons (Fsp3) is 1.00. The Kier molecular flexibility index (Phi) is 17.0. The molecule has 0 spiro atoms. The SMILES string of the molecule is C1CCC(OC2CCCCC2)CC1.CCC[CH2][Sn][CH2]C(CC)CCCC. The summed E-state index contributed by atoms with van der Waals surface area (Å²) in [6, 6.07) is 0. The Morgan fingerprint density at radius 2 is 1.31 bits per heavy atom. The molecule has 154 valence electrons. The van der Waals surface area contributed by atoms with Crippen molar-refractivity contribution in [3.05, 3.63) is 0 Å². The van der Waals surface area contributed by atoms with Gasteiger partial charge in [-0.05, 0) is 25.7 Å². The molecule has 2 fully saturated rings. The van der Waals surface area contributed by atoms with E-state index in [0.717, 1.165) is 5.92 Å². The van der Waals surface area contributed by atoms with Crippen LogP contribution in [-0.4, -0.2) is 33.4 Å². The third-order valence-electron chi connectivity index (χ3n) is 6.17. The van der Waals surface area contributed by atoms with Gasteiger partial charge in [0.15, 0.2) is 0 Å². The van der Waals surface area contributed by atoms with Gasteiger partial charge >= 0.3 is 95.2 Å². The van der Waals surface area contributed by atoms with Crippen molar-refractivity contribution in [1.29, 1.82) is 0 Å². The Balaban J connectivity index is 0.000000260. The quantitative estimate of drug-likeness (QED) is 0.218. The van der Waals surface area contributed by atoms with Crippen molar-refractivity contribution in [1.82, 2.24) is 0 Å². The Bertz CT molecular complexity index is 266. The molecule has 2 rings (SSSR count). The molecule has 26 heavy (non-hydrogen) atoms. The van der Waals surface area contributed by atoms with Crippen LogP contribution < -0.4 is 0 Å². The van der Waals surface area contributed by atoms with Crippen molar-refractivity contribution in [3.8, 4) is 0 Å². The molecule has 0 aliphatic heterocycles. The summed E-state index contributed by atoms with van der Waals surface area (Å²) in [4.78, 5) is 0. The van der Waals surface area contributed by atoms with Gasteiger partial charge in [-0.15, -0.1) is 0 Å². The van der Waals surface area contributed by atoms with Gasteiger partial charge < -0.3 is 4.74 Å². The Labute approximate surface area is 176 Å². The number of ether oxygens (including phenoxy) is 1. The molecule has 0 N–H and O–H groups in total. The summed E-state index contributed by atoms with van der Waals surface area (Å²) in [5, 5.41) is 0. The Morgan fingerprint density at radius 1 is 0.769 bits per heavy atom. The van der Waals surface area contributed by atoms with Crippen LogP contribution in [0.2, 0.25) is 8.87 Å². The van der Waals surface area contributed by atoms with Crippen LogP contribution in [0.4, 0.5) is 0 Å². The van der Waals surface area contributed by atoms with Crippen LogP contribution in [0.15, 0.2) is 0 Å². The summed E-state index contributed by atoms with van der Waals surface area (Å²) < 4.78 is 9.41. The van der Waals surface area contributed by atoms with E-state index in [1.54, 1.807) is 8.87 Å². The molecule has 0 aromatic heterocycles. The average molecular weight is 471 g/mol. The standard InChI is InChI=1S/C12H22O.C8H17.C4H9.Sn/c1-3-7-11(8-4-1)13-12-9-5-2-6-10-12;1-4-6-7-8(3)5-2;1-3-4-2;/h11-12H,1-10H2;8H,3-7H2,1-2H3;1,3-4H2,2H3;. The molecule has 1 unspecified atom stereocenters. The number of hydrogen-bond donors (Lipinski definition) is 0. The zero-order valence-electron chi connectivity index (χ0n) is 18.4. The maximum atomic E-state index is 6.13. The molecule has 0 saturated heterocycles. The zero-order chi connectivity index (χ0) is 18.9. The fourth-order valence-electron chi connectivity index (χ4n) is 4.23. The van der Waals surface area contributed by atoms with Gasteiger partial charge in [-0.25, -0.2) is 0 Å². The van der Waals surface area contributed by atoms with E-state index in [0.29, 0.717) is 12.2 Å². The van der Waals surface area contributed by atoms with Crippen molar-refractivity contribution >= 4 is 21.1 Å². The first-order valence-electron chi connectivity index (χ1n) is 12.2. The van der Waals surface area contributed by atoms with E-state index in [1.165, 1.54) is 103 Å². The normalized spacial score (nSPS) is 20.4. The van der Waals surface area contributed by atoms with Crippen LogP contribution >= 0.6 is 0 Å². The second-order valence-corrected chi connectivity index (χ2v) is 12.6. The average Bonchev–Trinajstić information content (AvgIpc) is 2.70. The van der Waals surface area contributed by atoms with Crippen LogP contribution in [0.3, 0.4) is 0 Å². The van der Waals surface area contributed by atoms with Crippen molar-refractivity contribution < 1.29 is 4.74 Å². The molecule has 0 amide bonds. The van der Waals surface area contributed by atoms with Crippen LogP contribution in [-0.2, 0) is 4.74 Å². The molecule has 0 heterocycles. The summed E-state index contributed by atoms with van der Waals surface area (Å²) in [5.41, 5.74) is 0. The minimum absolute atomic E-state index is 0.0553. The van der Waals surface area contributed by atoms with Gasteiger partial charge in [-0.3, -0.25) is 0 Å². The summed E-state index contributed by atoms with van der Waals surface area (Å²) >= 11 is 0.0553. The fourth-order valence-corrected chi connectivity index (χ4v) is 9.10. The molecule has 0 aromatic carbocycles. The van der Waals surface area contributed by atoms with Gasteiger partial charge in [-0.2, -0.15) is 0 Å². The summed E-state index contributed by atoms with van der Waals surface area (Å²) in [6.07, 6.45) is 23.8. The van der Waals surface area contributed by atoms with Gasteiger partial charge in [-0.1, -0.05) is 38.5 Å². The molecular weight excluding hydrogens is 423 g/mol. The first-order chi connectivity index (χ1) is 12.8. The van der Waals surface area contributed by atoms with E-state index in [1.807, 2.05) is 0 Å². The molecule has 1 atom stereocenters. The van der Waals surface area contributed by atoms with Gasteiger partial charge in [0.25, 0.3) is 0 Å². The number of unbranched alkanes of at least 4 members (excludes halogenated alkanes) is 2. The molecule has 0 bridgehead atoms. The van der Waals surface area contributed by atoms with E-state index in [2.05, 4.69) is 20.8 Å². The topological polar surface area (TPSA) is 9.23 Å². The molecular formula is C24H48OSn. The van der Waals surface area contributed by atoms with Gasteiger partial charge in [0.1, 0.15) is 0 Å². The summed E-state index contributed by atoms with van der Waals surface area (Å²) in [5.74, 6) is 1.10. The van der Waals surface area contributed by atoms with Crippen molar-refractivity contribution in [2.24, 2.45) is 5.92 Å². The molecule has 2 heteroatoms. The van der Waals surface area contributed by atoms with Crippen LogP contribution in [0.5, 0.6) is 0 Å². The Hall–Kier alpha value is 0.759. The molecule has 2 aliphatic carbocycles. The molecule has 2 radical (unpaired) electrons. The minimum atomic E-state index is 0.0553. The maximum absolute atomic E-state index is 6.13. The summed E-state index contributed by atoms with van der Waals surface area (Å²) in [6.45, 7) is 7.00. The van der Waals surface area contributed by atoms with E-state index in [-0.39, 0.29) is 21.1 Å². The predicted octanol–water partition coefficient (Wildman–Crippen LogP) is 8.21. The van der Waals surface area contributed by atoms with E-state index < -0.39 is 0 Å². The van der Waals surface area contributed by atoms with Gasteiger partial charge in [0, 0.05) is 0 Å². The third kappa shape index (κ3) is 13.0. The first kappa shape index (κ1) is 24.8. The van der Waals surface area contributed by atoms with Crippen molar-refractivity contribution in [3.63, 3.8) is 0 Å². The molecule has 0 aromatic rings. The van der Waals surface area contributed by atoms with Crippen LogP contribution in [0.25, 0.3) is 0 Å². The number of rotatable bonds is 11. The monoisotopic (exact) mass is 472 g/mol. The number of hydrogen-bond acceptors (Lipinski definition) is 1. The second-order valence-electron chi connectivity index (χ2n) is 8.63. The summed E-state index contributed by atoms with van der Waals surface area (Å²) in [7, 11) is 0. The molecule has 2 saturated carbocycles. The Morgan fingerprint density at radius 3 is 1.77 bits per heavy atom. The van der Waals surface area contributed by atoms with E-state index in [9.17, 15) is 0 Å². The molecule has 1 nitrogen and oxygen atoms in total. The van der Waals surface area contributed by atoms with Crippen molar-refractivity contribution in [2.45, 2.75) is 145 Å². The van der Waals surface area contributed by atoms with Gasteiger partial charge in [0.2, 0.25) is 0 Å².